The molecule has 2 atom stereocenters. The highest BCUT2D eigenvalue weighted by molar-refractivity contribution is 8.02. The quantitative estimate of drug-likeness (QED) is 0.670. The average molecular weight is 403 g/mol. The van der Waals surface area contributed by atoms with Crippen molar-refractivity contribution < 1.29 is 17.6 Å². The van der Waals surface area contributed by atoms with Gasteiger partial charge in [-0.25, -0.2) is 8.42 Å². The minimum Gasteiger partial charge on any atom is -0.467 e. The Morgan fingerprint density at radius 2 is 2.36 bits per heavy atom. The van der Waals surface area contributed by atoms with E-state index in [1.807, 2.05) is 12.1 Å². The van der Waals surface area contributed by atoms with Gasteiger partial charge in [0.2, 0.25) is 11.0 Å². The Bertz CT molecular complexity index is 819. The summed E-state index contributed by atoms with van der Waals surface area (Å²) >= 11 is 2.65. The van der Waals surface area contributed by atoms with Crippen molar-refractivity contribution in [3.05, 3.63) is 24.2 Å². The largest absolute Gasteiger partial charge is 0.467 e. The smallest absolute Gasteiger partial charge is 0.233 e. The van der Waals surface area contributed by atoms with Crippen LogP contribution in [0.2, 0.25) is 0 Å². The number of amides is 1. The Kier molecular flexibility index (Phi) is 5.64. The molecule has 1 aliphatic rings. The third-order valence-corrected chi connectivity index (χ3v) is 7.46. The van der Waals surface area contributed by atoms with Crippen LogP contribution >= 0.6 is 23.1 Å². The number of nitrogens with one attached hydrogen (secondary N) is 2. The SMILES string of the molecule is CC(Sc1nnc(NCc2ccco2)s1)C(=O)NC1CCS(=O)(=O)C1. The van der Waals surface area contributed by atoms with Gasteiger partial charge in [0.25, 0.3) is 0 Å². The summed E-state index contributed by atoms with van der Waals surface area (Å²) in [6.45, 7) is 2.28. The highest BCUT2D eigenvalue weighted by atomic mass is 32.2. The number of carbonyl (C=O) groups excluding carboxylic acids is 1. The lowest BCUT2D eigenvalue weighted by Crippen LogP contribution is -2.39. The topological polar surface area (TPSA) is 114 Å². The first-order chi connectivity index (χ1) is 11.9. The molecule has 1 aliphatic heterocycles. The molecule has 0 radical (unpaired) electrons. The zero-order chi connectivity index (χ0) is 17.9. The molecule has 0 spiro atoms. The molecule has 3 heterocycles. The number of sulfone groups is 1. The van der Waals surface area contributed by atoms with Gasteiger partial charge >= 0.3 is 0 Å². The third-order valence-electron chi connectivity index (χ3n) is 3.63. The predicted molar refractivity (Wildman–Crippen MR) is 96.5 cm³/mol. The van der Waals surface area contributed by atoms with E-state index >= 15 is 0 Å². The van der Waals surface area contributed by atoms with E-state index in [0.717, 1.165) is 5.76 Å². The second-order valence-electron chi connectivity index (χ2n) is 5.67. The molecule has 2 N–H and O–H groups in total. The summed E-state index contributed by atoms with van der Waals surface area (Å²) in [5, 5.41) is 14.3. The number of furan rings is 1. The number of hydrogen-bond acceptors (Lipinski definition) is 9. The summed E-state index contributed by atoms with van der Waals surface area (Å²) in [6.07, 6.45) is 2.08. The number of carbonyl (C=O) groups is 1. The summed E-state index contributed by atoms with van der Waals surface area (Å²) in [5.74, 6) is 0.771. The first-order valence-corrected chi connectivity index (χ1v) is 11.2. The van der Waals surface area contributed by atoms with Crippen LogP contribution in [0.1, 0.15) is 19.1 Å². The minimum atomic E-state index is -3.01. The summed E-state index contributed by atoms with van der Waals surface area (Å²) < 4.78 is 28.8. The van der Waals surface area contributed by atoms with Crippen molar-refractivity contribution in [3.63, 3.8) is 0 Å². The van der Waals surface area contributed by atoms with Crippen molar-refractivity contribution in [2.24, 2.45) is 0 Å². The second-order valence-corrected chi connectivity index (χ2v) is 10.5. The molecule has 1 fully saturated rings. The van der Waals surface area contributed by atoms with Gasteiger partial charge in [-0.3, -0.25) is 4.79 Å². The Hall–Kier alpha value is -1.59. The van der Waals surface area contributed by atoms with Crippen LogP contribution in [0.25, 0.3) is 0 Å². The van der Waals surface area contributed by atoms with Crippen molar-refractivity contribution in [1.82, 2.24) is 15.5 Å². The maximum absolute atomic E-state index is 12.2. The highest BCUT2D eigenvalue weighted by Gasteiger charge is 2.30. The molecule has 8 nitrogen and oxygen atoms in total. The molecule has 2 unspecified atom stereocenters. The van der Waals surface area contributed by atoms with Crippen molar-refractivity contribution in [2.75, 3.05) is 16.8 Å². The lowest BCUT2D eigenvalue weighted by molar-refractivity contribution is -0.120. The van der Waals surface area contributed by atoms with Crippen molar-refractivity contribution >= 4 is 44.0 Å². The number of aromatic nitrogens is 2. The van der Waals surface area contributed by atoms with Gasteiger partial charge in [0.15, 0.2) is 14.2 Å². The van der Waals surface area contributed by atoms with E-state index in [4.69, 9.17) is 4.42 Å². The number of hydrogen-bond donors (Lipinski definition) is 2. The van der Waals surface area contributed by atoms with Gasteiger partial charge in [-0.15, -0.1) is 10.2 Å². The normalized spacial score (nSPS) is 20.3. The zero-order valence-corrected chi connectivity index (χ0v) is 15.9. The van der Waals surface area contributed by atoms with E-state index in [1.54, 1.807) is 13.2 Å². The molecular weight excluding hydrogens is 384 g/mol. The first-order valence-electron chi connectivity index (χ1n) is 7.68. The zero-order valence-electron chi connectivity index (χ0n) is 13.5. The Labute approximate surface area is 153 Å². The molecular formula is C14H18N4O4S3. The number of nitrogens with zero attached hydrogens (tertiary/aromatic N) is 2. The molecule has 25 heavy (non-hydrogen) atoms. The molecule has 1 amide bonds. The third kappa shape index (κ3) is 5.19. The van der Waals surface area contributed by atoms with Gasteiger partial charge in [0, 0.05) is 6.04 Å². The van der Waals surface area contributed by atoms with Gasteiger partial charge in [0.05, 0.1) is 29.6 Å². The van der Waals surface area contributed by atoms with E-state index in [-0.39, 0.29) is 28.7 Å². The summed E-state index contributed by atoms with van der Waals surface area (Å²) in [7, 11) is -3.01. The molecule has 1 saturated heterocycles. The van der Waals surface area contributed by atoms with Crippen LogP contribution in [-0.4, -0.2) is 47.3 Å². The van der Waals surface area contributed by atoms with E-state index in [9.17, 15) is 13.2 Å². The number of rotatable bonds is 7. The fourth-order valence-corrected chi connectivity index (χ4v) is 5.91. The van der Waals surface area contributed by atoms with E-state index in [2.05, 4.69) is 20.8 Å². The summed E-state index contributed by atoms with van der Waals surface area (Å²) in [5.41, 5.74) is 0. The Morgan fingerprint density at radius 1 is 1.52 bits per heavy atom. The van der Waals surface area contributed by atoms with E-state index in [1.165, 1.54) is 23.1 Å². The van der Waals surface area contributed by atoms with Crippen molar-refractivity contribution in [3.8, 4) is 0 Å². The lowest BCUT2D eigenvalue weighted by Gasteiger charge is -2.14. The molecule has 0 saturated carbocycles. The van der Waals surface area contributed by atoms with Gasteiger partial charge in [-0.05, 0) is 25.5 Å². The molecule has 2 aromatic rings. The van der Waals surface area contributed by atoms with Crippen molar-refractivity contribution in [1.29, 1.82) is 0 Å². The summed E-state index contributed by atoms with van der Waals surface area (Å²) in [4.78, 5) is 12.2. The maximum atomic E-state index is 12.2. The average Bonchev–Trinajstić information content (AvgIpc) is 3.27. The van der Waals surface area contributed by atoms with E-state index in [0.29, 0.717) is 22.4 Å². The molecule has 2 aromatic heterocycles. The molecule has 0 bridgehead atoms. The monoisotopic (exact) mass is 402 g/mol. The van der Waals surface area contributed by atoms with Crippen LogP contribution in [0.15, 0.2) is 27.2 Å². The van der Waals surface area contributed by atoms with Gasteiger partial charge in [-0.2, -0.15) is 0 Å². The van der Waals surface area contributed by atoms with Crippen LogP contribution in [0.3, 0.4) is 0 Å². The molecule has 11 heteroatoms. The minimum absolute atomic E-state index is 0.0236. The van der Waals surface area contributed by atoms with Crippen LogP contribution in [-0.2, 0) is 21.2 Å². The molecule has 3 rings (SSSR count). The Balaban J connectivity index is 1.47. The van der Waals surface area contributed by atoms with Crippen LogP contribution in [0.5, 0.6) is 0 Å². The van der Waals surface area contributed by atoms with E-state index < -0.39 is 9.84 Å². The van der Waals surface area contributed by atoms with Gasteiger partial charge in [0.1, 0.15) is 5.76 Å². The lowest BCUT2D eigenvalue weighted by atomic mass is 10.2. The number of thioether (sulfide) groups is 1. The molecule has 136 valence electrons. The predicted octanol–water partition coefficient (Wildman–Crippen LogP) is 1.53. The van der Waals surface area contributed by atoms with Crippen LogP contribution in [0, 0.1) is 0 Å². The molecule has 0 aromatic carbocycles. The standard InChI is InChI=1S/C14H18N4O4S3/c1-9(12(19)16-10-4-6-25(20,21)8-10)23-14-18-17-13(24-14)15-7-11-3-2-5-22-11/h2-3,5,9-10H,4,6-8H2,1H3,(H,15,17)(H,16,19). The van der Waals surface area contributed by atoms with Gasteiger partial charge < -0.3 is 15.1 Å². The fraction of sp³-hybridized carbons (Fsp3) is 0.500. The number of anilines is 1. The van der Waals surface area contributed by atoms with Gasteiger partial charge in [-0.1, -0.05) is 23.1 Å². The van der Waals surface area contributed by atoms with Crippen molar-refractivity contribution in [2.45, 2.75) is 35.5 Å². The first kappa shape index (κ1) is 18.2. The van der Waals surface area contributed by atoms with Crippen LogP contribution in [0.4, 0.5) is 5.13 Å². The summed E-state index contributed by atoms with van der Waals surface area (Å²) in [6, 6.07) is 3.38. The second kappa shape index (κ2) is 7.75. The molecule has 0 aliphatic carbocycles. The maximum Gasteiger partial charge on any atom is 0.233 e. The fourth-order valence-electron chi connectivity index (χ4n) is 2.34. The van der Waals surface area contributed by atoms with Crippen LogP contribution < -0.4 is 10.6 Å². The Morgan fingerprint density at radius 3 is 3.04 bits per heavy atom. The highest BCUT2D eigenvalue weighted by Crippen LogP contribution is 2.29.